The van der Waals surface area contributed by atoms with Gasteiger partial charge in [0.15, 0.2) is 5.96 Å². The van der Waals surface area contributed by atoms with Crippen LogP contribution in [0.4, 0.5) is 18.0 Å². The number of hydrogen-bond acceptors (Lipinski definition) is 4. The Morgan fingerprint density at radius 3 is 2.34 bits per heavy atom. The number of ether oxygens (including phenoxy) is 2. The minimum Gasteiger partial charge on any atom is -0.444 e. The van der Waals surface area contributed by atoms with Crippen LogP contribution in [-0.4, -0.2) is 60.2 Å². The second kappa shape index (κ2) is 10.7. The van der Waals surface area contributed by atoms with Gasteiger partial charge in [0.1, 0.15) is 17.2 Å². The zero-order valence-electron chi connectivity index (χ0n) is 16.5. The molecule has 0 spiro atoms. The van der Waals surface area contributed by atoms with Gasteiger partial charge < -0.3 is 25.0 Å². The van der Waals surface area contributed by atoms with Crippen molar-refractivity contribution in [3.05, 3.63) is 29.6 Å². The molecule has 29 heavy (non-hydrogen) atoms. The number of alkyl halides is 2. The van der Waals surface area contributed by atoms with Crippen molar-refractivity contribution < 1.29 is 27.4 Å². The number of hydrogen-bond donors (Lipinski definition) is 1. The summed E-state index contributed by atoms with van der Waals surface area (Å²) >= 11 is 0. The van der Waals surface area contributed by atoms with Crippen molar-refractivity contribution in [1.29, 1.82) is 0 Å². The van der Waals surface area contributed by atoms with Crippen LogP contribution in [0.2, 0.25) is 0 Å². The number of nitrogens with zero attached hydrogens (tertiary/aromatic N) is 3. The van der Waals surface area contributed by atoms with Crippen molar-refractivity contribution in [3.63, 3.8) is 0 Å². The standard InChI is InChI=1S/C18H25F3N4O3.HI/c1-18(2,3)28-17(26)25-9-7-24(8-10-25)16(22)23-11-12-13(19)5-4-6-14(12)27-15(20)21;/h4-6,15H,7-11H2,1-3H3,(H2,22,23);1H. The topological polar surface area (TPSA) is 80.4 Å². The molecule has 1 fully saturated rings. The number of benzene rings is 1. The average Bonchev–Trinajstić information content (AvgIpc) is 2.59. The van der Waals surface area contributed by atoms with Crippen LogP contribution < -0.4 is 10.5 Å². The van der Waals surface area contributed by atoms with Gasteiger partial charge in [0.2, 0.25) is 0 Å². The third kappa shape index (κ3) is 7.78. The maximum atomic E-state index is 14.0. The van der Waals surface area contributed by atoms with Crippen molar-refractivity contribution in [3.8, 4) is 5.75 Å². The summed E-state index contributed by atoms with van der Waals surface area (Å²) in [6.07, 6.45) is -0.400. The third-order valence-corrected chi connectivity index (χ3v) is 3.95. The third-order valence-electron chi connectivity index (χ3n) is 3.95. The van der Waals surface area contributed by atoms with E-state index in [0.29, 0.717) is 26.2 Å². The van der Waals surface area contributed by atoms with E-state index in [1.165, 1.54) is 12.1 Å². The molecule has 0 saturated carbocycles. The van der Waals surface area contributed by atoms with Crippen LogP contribution in [0.1, 0.15) is 26.3 Å². The largest absolute Gasteiger partial charge is 0.444 e. The van der Waals surface area contributed by atoms with E-state index in [4.69, 9.17) is 10.5 Å². The van der Waals surface area contributed by atoms with Crippen LogP contribution in [0, 0.1) is 5.82 Å². The Hall–Kier alpha value is -1.92. The Kier molecular flexibility index (Phi) is 9.30. The van der Waals surface area contributed by atoms with Crippen LogP contribution in [0.15, 0.2) is 23.2 Å². The van der Waals surface area contributed by atoms with E-state index in [-0.39, 0.29) is 47.8 Å². The molecule has 0 aliphatic carbocycles. The summed E-state index contributed by atoms with van der Waals surface area (Å²) in [7, 11) is 0. The normalized spacial score (nSPS) is 15.2. The first-order valence-electron chi connectivity index (χ1n) is 8.82. The van der Waals surface area contributed by atoms with E-state index in [0.717, 1.165) is 6.07 Å². The Morgan fingerprint density at radius 1 is 1.21 bits per heavy atom. The molecule has 0 aromatic heterocycles. The van der Waals surface area contributed by atoms with Crippen molar-refractivity contribution in [2.45, 2.75) is 39.5 Å². The van der Waals surface area contributed by atoms with Gasteiger partial charge in [-0.1, -0.05) is 6.07 Å². The molecule has 0 bridgehead atoms. The fraction of sp³-hybridized carbons (Fsp3) is 0.556. The molecule has 0 unspecified atom stereocenters. The Labute approximate surface area is 185 Å². The van der Waals surface area contributed by atoms with Crippen molar-refractivity contribution in [2.75, 3.05) is 26.2 Å². The van der Waals surface area contributed by atoms with E-state index in [9.17, 15) is 18.0 Å². The maximum absolute atomic E-state index is 14.0. The molecular formula is C18H26F3IN4O3. The zero-order valence-corrected chi connectivity index (χ0v) is 18.9. The second-order valence-corrected chi connectivity index (χ2v) is 7.22. The highest BCUT2D eigenvalue weighted by molar-refractivity contribution is 14.0. The molecule has 1 amide bonds. The molecule has 2 rings (SSSR count). The summed E-state index contributed by atoms with van der Waals surface area (Å²) in [5, 5.41) is 0. The molecule has 0 atom stereocenters. The minimum atomic E-state index is -3.07. The molecule has 1 aliphatic heterocycles. The predicted molar refractivity (Wildman–Crippen MR) is 113 cm³/mol. The molecule has 1 aliphatic rings. The number of nitrogens with two attached hydrogens (primary N) is 1. The van der Waals surface area contributed by atoms with Crippen molar-refractivity contribution in [2.24, 2.45) is 10.7 Å². The van der Waals surface area contributed by atoms with Gasteiger partial charge in [-0.3, -0.25) is 0 Å². The number of carbonyl (C=O) groups is 1. The smallest absolute Gasteiger partial charge is 0.410 e. The first kappa shape index (κ1) is 25.1. The van der Waals surface area contributed by atoms with Crippen LogP contribution in [0.25, 0.3) is 0 Å². The van der Waals surface area contributed by atoms with E-state index in [2.05, 4.69) is 9.73 Å². The zero-order chi connectivity index (χ0) is 20.9. The second-order valence-electron chi connectivity index (χ2n) is 7.22. The van der Waals surface area contributed by atoms with Gasteiger partial charge >= 0.3 is 12.7 Å². The summed E-state index contributed by atoms with van der Waals surface area (Å²) in [5.41, 5.74) is 5.27. The lowest BCUT2D eigenvalue weighted by Crippen LogP contribution is -2.53. The molecule has 164 valence electrons. The van der Waals surface area contributed by atoms with Crippen molar-refractivity contribution >= 4 is 36.0 Å². The number of carbonyl (C=O) groups excluding carboxylic acids is 1. The van der Waals surface area contributed by atoms with Gasteiger partial charge in [-0.15, -0.1) is 24.0 Å². The highest BCUT2D eigenvalue weighted by Gasteiger charge is 2.26. The summed E-state index contributed by atoms with van der Waals surface area (Å²) in [6.45, 7) is 3.70. The lowest BCUT2D eigenvalue weighted by Gasteiger charge is -2.36. The minimum absolute atomic E-state index is 0. The molecule has 1 saturated heterocycles. The van der Waals surface area contributed by atoms with Gasteiger partial charge in [-0.2, -0.15) is 8.78 Å². The molecule has 7 nitrogen and oxygen atoms in total. The number of halogens is 4. The van der Waals surface area contributed by atoms with Crippen LogP contribution in [0.5, 0.6) is 5.75 Å². The summed E-state index contributed by atoms with van der Waals surface area (Å²) in [6, 6.07) is 3.66. The van der Waals surface area contributed by atoms with Crippen LogP contribution in [-0.2, 0) is 11.3 Å². The van der Waals surface area contributed by atoms with E-state index >= 15 is 0 Å². The summed E-state index contributed by atoms with van der Waals surface area (Å²) < 4.78 is 48.6. The van der Waals surface area contributed by atoms with Crippen LogP contribution in [0.3, 0.4) is 0 Å². The van der Waals surface area contributed by atoms with E-state index < -0.39 is 24.1 Å². The van der Waals surface area contributed by atoms with Gasteiger partial charge in [0.25, 0.3) is 0 Å². The van der Waals surface area contributed by atoms with E-state index in [1.54, 1.807) is 30.6 Å². The molecule has 11 heteroatoms. The lowest BCUT2D eigenvalue weighted by molar-refractivity contribution is -0.0506. The Bertz CT molecular complexity index is 721. The predicted octanol–water partition coefficient (Wildman–Crippen LogP) is 3.41. The number of guanidine groups is 1. The highest BCUT2D eigenvalue weighted by atomic mass is 127. The number of piperazine rings is 1. The Morgan fingerprint density at radius 2 is 1.79 bits per heavy atom. The van der Waals surface area contributed by atoms with Gasteiger partial charge in [-0.05, 0) is 32.9 Å². The van der Waals surface area contributed by atoms with Crippen LogP contribution >= 0.6 is 24.0 Å². The molecule has 1 aromatic rings. The highest BCUT2D eigenvalue weighted by Crippen LogP contribution is 2.24. The average molecular weight is 530 g/mol. The SMILES string of the molecule is CC(C)(C)OC(=O)N1CCN(C(N)=NCc2c(F)cccc2OC(F)F)CC1.I. The van der Waals surface area contributed by atoms with Gasteiger partial charge in [0.05, 0.1) is 12.1 Å². The molecule has 0 radical (unpaired) electrons. The molecule has 2 N–H and O–H groups in total. The Balaban J connectivity index is 0.00000420. The monoisotopic (exact) mass is 530 g/mol. The molecular weight excluding hydrogens is 504 g/mol. The summed E-state index contributed by atoms with van der Waals surface area (Å²) in [5.74, 6) is -0.846. The lowest BCUT2D eigenvalue weighted by atomic mass is 10.2. The fourth-order valence-corrected chi connectivity index (χ4v) is 2.60. The van der Waals surface area contributed by atoms with Crippen molar-refractivity contribution in [1.82, 2.24) is 9.80 Å². The first-order chi connectivity index (χ1) is 13.1. The fourth-order valence-electron chi connectivity index (χ4n) is 2.60. The van der Waals surface area contributed by atoms with Gasteiger partial charge in [0, 0.05) is 26.2 Å². The summed E-state index contributed by atoms with van der Waals surface area (Å²) in [4.78, 5) is 19.5. The number of rotatable bonds is 4. The maximum Gasteiger partial charge on any atom is 0.410 e. The first-order valence-corrected chi connectivity index (χ1v) is 8.82. The van der Waals surface area contributed by atoms with E-state index in [1.807, 2.05) is 0 Å². The quantitative estimate of drug-likeness (QED) is 0.367. The number of aliphatic imine (C=N–C) groups is 1. The molecule has 1 heterocycles. The van der Waals surface area contributed by atoms with Gasteiger partial charge in [-0.25, -0.2) is 14.2 Å². The number of amides is 1. The molecule has 1 aromatic carbocycles.